The van der Waals surface area contributed by atoms with Crippen molar-refractivity contribution < 1.29 is 14.3 Å². The number of carbonyl (C=O) groups excluding carboxylic acids is 1. The lowest BCUT2D eigenvalue weighted by Crippen LogP contribution is -2.47. The minimum absolute atomic E-state index is 0.158. The standard InChI is InChI=1S/C14H18FNO2/c1-9-4-3-5-10(2)16(9)14(18)12-7-6-11(15)8-13(12)17/h6-10,17H,3-5H2,1-2H3. The summed E-state index contributed by atoms with van der Waals surface area (Å²) in [4.78, 5) is 14.2. The third-order valence-corrected chi connectivity index (χ3v) is 3.62. The Morgan fingerprint density at radius 2 is 1.94 bits per heavy atom. The lowest BCUT2D eigenvalue weighted by molar-refractivity contribution is 0.0508. The molecule has 18 heavy (non-hydrogen) atoms. The molecule has 1 aromatic rings. The van der Waals surface area contributed by atoms with Gasteiger partial charge >= 0.3 is 0 Å². The van der Waals surface area contributed by atoms with Crippen molar-refractivity contribution in [2.75, 3.05) is 0 Å². The molecule has 1 fully saturated rings. The highest BCUT2D eigenvalue weighted by atomic mass is 19.1. The average Bonchev–Trinajstić information content (AvgIpc) is 2.28. The number of hydrogen-bond acceptors (Lipinski definition) is 2. The van der Waals surface area contributed by atoms with Crippen molar-refractivity contribution >= 4 is 5.91 Å². The number of nitrogens with zero attached hydrogens (tertiary/aromatic N) is 1. The van der Waals surface area contributed by atoms with Crippen LogP contribution in [0.25, 0.3) is 0 Å². The predicted molar refractivity (Wildman–Crippen MR) is 67.0 cm³/mol. The van der Waals surface area contributed by atoms with Crippen LogP contribution in [-0.4, -0.2) is 28.0 Å². The molecule has 1 aromatic carbocycles. The smallest absolute Gasteiger partial charge is 0.258 e. The Balaban J connectivity index is 2.29. The zero-order valence-electron chi connectivity index (χ0n) is 10.7. The van der Waals surface area contributed by atoms with Gasteiger partial charge < -0.3 is 10.0 Å². The summed E-state index contributed by atoms with van der Waals surface area (Å²) < 4.78 is 12.9. The molecule has 0 aliphatic carbocycles. The van der Waals surface area contributed by atoms with Gasteiger partial charge in [-0.15, -0.1) is 0 Å². The van der Waals surface area contributed by atoms with E-state index < -0.39 is 5.82 Å². The molecule has 0 spiro atoms. The molecule has 1 heterocycles. The topological polar surface area (TPSA) is 40.5 Å². The minimum atomic E-state index is -0.538. The number of phenolic OH excluding ortho intramolecular Hbond substituents is 1. The fraction of sp³-hybridized carbons (Fsp3) is 0.500. The maximum Gasteiger partial charge on any atom is 0.258 e. The number of likely N-dealkylation sites (tertiary alicyclic amines) is 1. The molecule has 0 radical (unpaired) electrons. The molecule has 1 N–H and O–H groups in total. The molecule has 2 unspecified atom stereocenters. The Bertz CT molecular complexity index is 451. The summed E-state index contributed by atoms with van der Waals surface area (Å²) in [7, 11) is 0. The van der Waals surface area contributed by atoms with E-state index in [1.165, 1.54) is 12.1 Å². The highest BCUT2D eigenvalue weighted by molar-refractivity contribution is 5.97. The summed E-state index contributed by atoms with van der Waals surface area (Å²) in [6.07, 6.45) is 3.05. The number of benzene rings is 1. The van der Waals surface area contributed by atoms with Crippen LogP contribution in [0.4, 0.5) is 4.39 Å². The summed E-state index contributed by atoms with van der Waals surface area (Å²) >= 11 is 0. The first-order valence-electron chi connectivity index (χ1n) is 6.32. The van der Waals surface area contributed by atoms with Gasteiger partial charge in [-0.2, -0.15) is 0 Å². The summed E-state index contributed by atoms with van der Waals surface area (Å²) in [6.45, 7) is 4.02. The van der Waals surface area contributed by atoms with Gasteiger partial charge in [-0.1, -0.05) is 0 Å². The van der Waals surface area contributed by atoms with Gasteiger partial charge in [0, 0.05) is 18.2 Å². The number of amides is 1. The largest absolute Gasteiger partial charge is 0.507 e. The Morgan fingerprint density at radius 1 is 1.33 bits per heavy atom. The van der Waals surface area contributed by atoms with Crippen molar-refractivity contribution in [1.82, 2.24) is 4.90 Å². The fourth-order valence-corrected chi connectivity index (χ4v) is 2.65. The van der Waals surface area contributed by atoms with Gasteiger partial charge in [-0.05, 0) is 45.2 Å². The van der Waals surface area contributed by atoms with E-state index in [2.05, 4.69) is 0 Å². The first-order valence-corrected chi connectivity index (χ1v) is 6.32. The minimum Gasteiger partial charge on any atom is -0.507 e. The highest BCUT2D eigenvalue weighted by Crippen LogP contribution is 2.27. The normalized spacial score (nSPS) is 24.1. The highest BCUT2D eigenvalue weighted by Gasteiger charge is 2.30. The molecule has 1 amide bonds. The molecule has 98 valence electrons. The van der Waals surface area contributed by atoms with Crippen LogP contribution in [0, 0.1) is 5.82 Å². The average molecular weight is 251 g/mol. The molecule has 2 rings (SSSR count). The van der Waals surface area contributed by atoms with Gasteiger partial charge in [0.2, 0.25) is 0 Å². The summed E-state index contributed by atoms with van der Waals surface area (Å²) in [5.74, 6) is -1.04. The van der Waals surface area contributed by atoms with Crippen molar-refractivity contribution in [2.24, 2.45) is 0 Å². The van der Waals surface area contributed by atoms with Gasteiger partial charge in [0.05, 0.1) is 5.56 Å². The maximum atomic E-state index is 12.9. The van der Waals surface area contributed by atoms with Crippen LogP contribution in [-0.2, 0) is 0 Å². The fourth-order valence-electron chi connectivity index (χ4n) is 2.65. The van der Waals surface area contributed by atoms with Crippen LogP contribution in [0.1, 0.15) is 43.5 Å². The van der Waals surface area contributed by atoms with Crippen LogP contribution in [0.3, 0.4) is 0 Å². The number of aromatic hydroxyl groups is 1. The van der Waals surface area contributed by atoms with E-state index in [0.29, 0.717) is 0 Å². The third-order valence-electron chi connectivity index (χ3n) is 3.62. The van der Waals surface area contributed by atoms with Gasteiger partial charge in [0.25, 0.3) is 5.91 Å². The second kappa shape index (κ2) is 4.96. The molecule has 3 nitrogen and oxygen atoms in total. The number of phenols is 1. The molecular weight excluding hydrogens is 233 g/mol. The van der Waals surface area contributed by atoms with E-state index in [1.54, 1.807) is 4.90 Å². The van der Waals surface area contributed by atoms with E-state index in [1.807, 2.05) is 13.8 Å². The van der Waals surface area contributed by atoms with Gasteiger partial charge in [0.15, 0.2) is 0 Å². The molecular formula is C14H18FNO2. The van der Waals surface area contributed by atoms with Crippen molar-refractivity contribution in [3.8, 4) is 5.75 Å². The Hall–Kier alpha value is -1.58. The number of carbonyl (C=O) groups is 1. The second-order valence-electron chi connectivity index (χ2n) is 5.00. The monoisotopic (exact) mass is 251 g/mol. The van der Waals surface area contributed by atoms with Crippen LogP contribution in [0.5, 0.6) is 5.75 Å². The quantitative estimate of drug-likeness (QED) is 0.833. The molecule has 0 aromatic heterocycles. The third kappa shape index (κ3) is 2.33. The van der Waals surface area contributed by atoms with E-state index in [9.17, 15) is 14.3 Å². The Labute approximate surface area is 106 Å². The SMILES string of the molecule is CC1CCCC(C)N1C(=O)c1ccc(F)cc1O. The lowest BCUT2D eigenvalue weighted by Gasteiger charge is -2.39. The second-order valence-corrected chi connectivity index (χ2v) is 5.00. The Morgan fingerprint density at radius 3 is 2.50 bits per heavy atom. The van der Waals surface area contributed by atoms with E-state index >= 15 is 0 Å². The predicted octanol–water partition coefficient (Wildman–Crippen LogP) is 2.93. The van der Waals surface area contributed by atoms with E-state index in [4.69, 9.17) is 0 Å². The number of hydrogen-bond donors (Lipinski definition) is 1. The van der Waals surface area contributed by atoms with Crippen molar-refractivity contribution in [3.63, 3.8) is 0 Å². The number of piperidine rings is 1. The van der Waals surface area contributed by atoms with Crippen LogP contribution in [0.2, 0.25) is 0 Å². The molecule has 4 heteroatoms. The zero-order valence-corrected chi connectivity index (χ0v) is 10.7. The molecule has 1 aliphatic rings. The van der Waals surface area contributed by atoms with E-state index in [-0.39, 0.29) is 29.3 Å². The van der Waals surface area contributed by atoms with Gasteiger partial charge in [-0.3, -0.25) is 4.79 Å². The van der Waals surface area contributed by atoms with Crippen LogP contribution < -0.4 is 0 Å². The lowest BCUT2D eigenvalue weighted by atomic mass is 9.96. The van der Waals surface area contributed by atoms with Crippen molar-refractivity contribution in [3.05, 3.63) is 29.6 Å². The van der Waals surface area contributed by atoms with Crippen molar-refractivity contribution in [1.29, 1.82) is 0 Å². The molecule has 2 atom stereocenters. The van der Waals surface area contributed by atoms with Crippen molar-refractivity contribution in [2.45, 2.75) is 45.2 Å². The number of halogens is 1. The molecule has 1 saturated heterocycles. The van der Waals surface area contributed by atoms with Gasteiger partial charge in [-0.25, -0.2) is 4.39 Å². The zero-order chi connectivity index (χ0) is 13.3. The summed E-state index contributed by atoms with van der Waals surface area (Å²) in [5.41, 5.74) is 0.178. The summed E-state index contributed by atoms with van der Waals surface area (Å²) in [5, 5.41) is 9.68. The van der Waals surface area contributed by atoms with Crippen LogP contribution >= 0.6 is 0 Å². The number of rotatable bonds is 1. The van der Waals surface area contributed by atoms with E-state index in [0.717, 1.165) is 25.3 Å². The molecule has 1 aliphatic heterocycles. The van der Waals surface area contributed by atoms with Crippen LogP contribution in [0.15, 0.2) is 18.2 Å². The molecule has 0 bridgehead atoms. The first kappa shape index (κ1) is 12.9. The molecule has 0 saturated carbocycles. The summed E-state index contributed by atoms with van der Waals surface area (Å²) in [6, 6.07) is 3.84. The first-order chi connectivity index (χ1) is 8.50. The van der Waals surface area contributed by atoms with Gasteiger partial charge in [0.1, 0.15) is 11.6 Å². The Kier molecular flexibility index (Phi) is 3.55. The maximum absolute atomic E-state index is 12.9.